The molecule has 21 heavy (non-hydrogen) atoms. The first-order valence-corrected chi connectivity index (χ1v) is 8.26. The van der Waals surface area contributed by atoms with Crippen molar-refractivity contribution in [3.05, 3.63) is 35.4 Å². The van der Waals surface area contributed by atoms with Crippen molar-refractivity contribution in [3.63, 3.8) is 0 Å². The van der Waals surface area contributed by atoms with Crippen molar-refractivity contribution in [2.75, 3.05) is 20.7 Å². The lowest BCUT2D eigenvalue weighted by Crippen LogP contribution is -2.38. The van der Waals surface area contributed by atoms with Gasteiger partial charge < -0.3 is 10.5 Å². The highest BCUT2D eigenvalue weighted by Gasteiger charge is 2.25. The Bertz CT molecular complexity index is 413. The maximum absolute atomic E-state index is 6.13. The van der Waals surface area contributed by atoms with E-state index in [1.807, 2.05) is 0 Å². The molecule has 3 heteroatoms. The molecular weight excluding hydrogens is 260 g/mol. The van der Waals surface area contributed by atoms with Crippen LogP contribution in [0.15, 0.2) is 24.3 Å². The second kappa shape index (κ2) is 8.52. The lowest BCUT2D eigenvalue weighted by molar-refractivity contribution is 0.154. The summed E-state index contributed by atoms with van der Waals surface area (Å²) in [5.74, 6) is 0. The molecule has 2 N–H and O–H groups in total. The van der Waals surface area contributed by atoms with Crippen molar-refractivity contribution in [3.8, 4) is 0 Å². The van der Waals surface area contributed by atoms with E-state index >= 15 is 0 Å². The van der Waals surface area contributed by atoms with Gasteiger partial charge in [-0.2, -0.15) is 0 Å². The summed E-state index contributed by atoms with van der Waals surface area (Å²) in [6, 6.07) is 9.51. The third kappa shape index (κ3) is 4.29. The van der Waals surface area contributed by atoms with Gasteiger partial charge in [-0.15, -0.1) is 0 Å². The number of ether oxygens (including phenoxy) is 1. The van der Waals surface area contributed by atoms with Gasteiger partial charge in [0.2, 0.25) is 0 Å². The molecule has 1 fully saturated rings. The highest BCUT2D eigenvalue weighted by molar-refractivity contribution is 5.30. The smallest absolute Gasteiger partial charge is 0.0716 e. The minimum Gasteiger partial charge on any atom is -0.380 e. The molecule has 1 aromatic carbocycles. The summed E-state index contributed by atoms with van der Waals surface area (Å²) in [6.45, 7) is 1.32. The van der Waals surface area contributed by atoms with Gasteiger partial charge in [0, 0.05) is 25.7 Å². The Hall–Kier alpha value is -0.900. The second-order valence-corrected chi connectivity index (χ2v) is 6.19. The van der Waals surface area contributed by atoms with Crippen LogP contribution in [0, 0.1) is 0 Å². The van der Waals surface area contributed by atoms with Crippen LogP contribution in [0.3, 0.4) is 0 Å². The Morgan fingerprint density at radius 1 is 1.19 bits per heavy atom. The number of nitrogens with two attached hydrogens (primary N) is 1. The molecule has 1 aromatic rings. The molecule has 1 saturated carbocycles. The minimum atomic E-state index is 0.291. The molecule has 0 aliphatic heterocycles. The fourth-order valence-electron chi connectivity index (χ4n) is 3.58. The number of hydrogen-bond donors (Lipinski definition) is 1. The van der Waals surface area contributed by atoms with Crippen molar-refractivity contribution in [1.82, 2.24) is 4.90 Å². The molecule has 0 saturated heterocycles. The third-order valence-corrected chi connectivity index (χ3v) is 4.83. The predicted octanol–water partition coefficient (Wildman–Crippen LogP) is 3.49. The number of benzene rings is 1. The fraction of sp³-hybridized carbons (Fsp3) is 0.667. The molecular formula is C18H30N2O. The summed E-state index contributed by atoms with van der Waals surface area (Å²) in [5, 5.41) is 0. The van der Waals surface area contributed by atoms with E-state index in [0.29, 0.717) is 25.2 Å². The van der Waals surface area contributed by atoms with Gasteiger partial charge in [0.25, 0.3) is 0 Å². The standard InChI is InChI=1S/C18H30N2O/c1-20(16-10-5-3-4-6-11-16)18(13-19)17-12-8-7-9-15(17)14-21-2/h7-9,12,16,18H,3-6,10-11,13-14,19H2,1-2H3. The average molecular weight is 290 g/mol. The second-order valence-electron chi connectivity index (χ2n) is 6.19. The number of nitrogens with zero attached hydrogens (tertiary/aromatic N) is 1. The summed E-state index contributed by atoms with van der Waals surface area (Å²) in [5.41, 5.74) is 8.72. The van der Waals surface area contributed by atoms with E-state index in [1.165, 1.54) is 49.7 Å². The Balaban J connectivity index is 2.17. The zero-order valence-corrected chi connectivity index (χ0v) is 13.6. The molecule has 1 aliphatic rings. The van der Waals surface area contributed by atoms with Gasteiger partial charge in [0.15, 0.2) is 0 Å². The zero-order valence-electron chi connectivity index (χ0n) is 13.6. The van der Waals surface area contributed by atoms with Crippen LogP contribution in [-0.2, 0) is 11.3 Å². The van der Waals surface area contributed by atoms with Gasteiger partial charge in [-0.1, -0.05) is 49.9 Å². The molecule has 0 bridgehead atoms. The highest BCUT2D eigenvalue weighted by Crippen LogP contribution is 2.29. The van der Waals surface area contributed by atoms with Crippen LogP contribution >= 0.6 is 0 Å². The van der Waals surface area contributed by atoms with Crippen LogP contribution in [0.4, 0.5) is 0 Å². The molecule has 1 aliphatic carbocycles. The van der Waals surface area contributed by atoms with Gasteiger partial charge in [-0.05, 0) is 31.0 Å². The summed E-state index contributed by atoms with van der Waals surface area (Å²) in [4.78, 5) is 2.51. The zero-order chi connectivity index (χ0) is 15.1. The SMILES string of the molecule is COCc1ccccc1C(CN)N(C)C1CCCCCC1. The maximum Gasteiger partial charge on any atom is 0.0716 e. The van der Waals surface area contributed by atoms with Crippen LogP contribution in [0.2, 0.25) is 0 Å². The van der Waals surface area contributed by atoms with Gasteiger partial charge in [0.1, 0.15) is 0 Å². The fourth-order valence-corrected chi connectivity index (χ4v) is 3.58. The molecule has 0 spiro atoms. The third-order valence-electron chi connectivity index (χ3n) is 4.83. The summed E-state index contributed by atoms with van der Waals surface area (Å²) in [7, 11) is 4.00. The predicted molar refractivity (Wildman–Crippen MR) is 88.2 cm³/mol. The normalized spacial score (nSPS) is 18.7. The van der Waals surface area contributed by atoms with Crippen molar-refractivity contribution in [2.24, 2.45) is 5.73 Å². The number of hydrogen-bond acceptors (Lipinski definition) is 3. The van der Waals surface area contributed by atoms with E-state index in [-0.39, 0.29) is 0 Å². The van der Waals surface area contributed by atoms with Crippen molar-refractivity contribution < 1.29 is 4.74 Å². The molecule has 2 rings (SSSR count). The molecule has 1 atom stereocenters. The van der Waals surface area contributed by atoms with E-state index in [9.17, 15) is 0 Å². The first-order chi connectivity index (χ1) is 10.3. The van der Waals surface area contributed by atoms with Crippen LogP contribution in [0.5, 0.6) is 0 Å². The number of likely N-dealkylation sites (N-methyl/N-ethyl adjacent to an activating group) is 1. The Kier molecular flexibility index (Phi) is 6.68. The molecule has 0 amide bonds. The van der Waals surface area contributed by atoms with Gasteiger partial charge in [-0.3, -0.25) is 4.90 Å². The first-order valence-electron chi connectivity index (χ1n) is 8.26. The Morgan fingerprint density at radius 2 is 1.86 bits per heavy atom. The van der Waals surface area contributed by atoms with Gasteiger partial charge >= 0.3 is 0 Å². The van der Waals surface area contributed by atoms with Crippen molar-refractivity contribution in [1.29, 1.82) is 0 Å². The monoisotopic (exact) mass is 290 g/mol. The molecule has 3 nitrogen and oxygen atoms in total. The van der Waals surface area contributed by atoms with E-state index in [2.05, 4.69) is 36.2 Å². The first kappa shape index (κ1) is 16.5. The van der Waals surface area contributed by atoms with Crippen LogP contribution in [-0.4, -0.2) is 31.6 Å². The van der Waals surface area contributed by atoms with Crippen LogP contribution < -0.4 is 5.73 Å². The number of rotatable bonds is 6. The van der Waals surface area contributed by atoms with Crippen LogP contribution in [0.1, 0.15) is 55.7 Å². The molecule has 0 heterocycles. The minimum absolute atomic E-state index is 0.291. The van der Waals surface area contributed by atoms with E-state index in [1.54, 1.807) is 7.11 Å². The van der Waals surface area contributed by atoms with Gasteiger partial charge in [0.05, 0.1) is 6.61 Å². The Morgan fingerprint density at radius 3 is 2.48 bits per heavy atom. The van der Waals surface area contributed by atoms with E-state index in [0.717, 1.165) is 0 Å². The molecule has 0 radical (unpaired) electrons. The largest absolute Gasteiger partial charge is 0.380 e. The molecule has 118 valence electrons. The maximum atomic E-state index is 6.13. The topological polar surface area (TPSA) is 38.5 Å². The lowest BCUT2D eigenvalue weighted by atomic mass is 9.96. The molecule has 1 unspecified atom stereocenters. The quantitative estimate of drug-likeness (QED) is 0.815. The van der Waals surface area contributed by atoms with E-state index in [4.69, 9.17) is 10.5 Å². The number of methoxy groups -OCH3 is 1. The summed E-state index contributed by atoms with van der Waals surface area (Å²) >= 11 is 0. The van der Waals surface area contributed by atoms with Crippen LogP contribution in [0.25, 0.3) is 0 Å². The summed E-state index contributed by atoms with van der Waals surface area (Å²) < 4.78 is 5.35. The lowest BCUT2D eigenvalue weighted by Gasteiger charge is -2.35. The highest BCUT2D eigenvalue weighted by atomic mass is 16.5. The Labute approximate surface area is 129 Å². The average Bonchev–Trinajstić information content (AvgIpc) is 2.79. The van der Waals surface area contributed by atoms with Crippen molar-refractivity contribution in [2.45, 2.75) is 57.2 Å². The molecule has 0 aromatic heterocycles. The van der Waals surface area contributed by atoms with E-state index < -0.39 is 0 Å². The van der Waals surface area contributed by atoms with Gasteiger partial charge in [-0.25, -0.2) is 0 Å². The van der Waals surface area contributed by atoms with Crippen molar-refractivity contribution >= 4 is 0 Å². The summed E-state index contributed by atoms with van der Waals surface area (Å²) in [6.07, 6.45) is 8.09.